The minimum absolute atomic E-state index is 0.268. The van der Waals surface area contributed by atoms with E-state index in [2.05, 4.69) is 4.99 Å². The van der Waals surface area contributed by atoms with Gasteiger partial charge in [-0.15, -0.1) is 0 Å². The van der Waals surface area contributed by atoms with Gasteiger partial charge in [-0.25, -0.2) is 4.39 Å². The molecule has 0 saturated heterocycles. The standard InChI is InChI=1S/C20H16FNO/c21-18-10-12-19(13-11-18)22-14-17-8-4-5-9-20(17)23-15-16-6-2-1-3-7-16/h1-14H,15H2/b22-14-. The largest absolute Gasteiger partial charge is 0.488 e. The van der Waals surface area contributed by atoms with E-state index in [4.69, 9.17) is 4.74 Å². The van der Waals surface area contributed by atoms with Crippen molar-refractivity contribution >= 4 is 11.9 Å². The third-order valence-corrected chi connectivity index (χ3v) is 3.34. The molecule has 0 aliphatic carbocycles. The zero-order valence-corrected chi connectivity index (χ0v) is 12.5. The van der Waals surface area contributed by atoms with Crippen LogP contribution in [0, 0.1) is 5.82 Å². The third-order valence-electron chi connectivity index (χ3n) is 3.34. The molecular formula is C20H16FNO. The molecule has 0 heterocycles. The van der Waals surface area contributed by atoms with Crippen molar-refractivity contribution in [2.75, 3.05) is 0 Å². The number of aliphatic imine (C=N–C) groups is 1. The second-order valence-electron chi connectivity index (χ2n) is 5.05. The summed E-state index contributed by atoms with van der Waals surface area (Å²) in [5, 5.41) is 0. The van der Waals surface area contributed by atoms with Gasteiger partial charge in [-0.05, 0) is 42.0 Å². The molecule has 0 saturated carbocycles. The van der Waals surface area contributed by atoms with Crippen LogP contribution in [0.4, 0.5) is 10.1 Å². The molecule has 0 atom stereocenters. The molecule has 0 aliphatic heterocycles. The van der Waals surface area contributed by atoms with Crippen LogP contribution in [0.15, 0.2) is 83.9 Å². The molecule has 114 valence electrons. The maximum atomic E-state index is 12.9. The fraction of sp³-hybridized carbons (Fsp3) is 0.0500. The molecule has 0 fully saturated rings. The van der Waals surface area contributed by atoms with Crippen molar-refractivity contribution in [3.05, 3.63) is 95.8 Å². The summed E-state index contributed by atoms with van der Waals surface area (Å²) in [6.45, 7) is 0.502. The highest BCUT2D eigenvalue weighted by molar-refractivity contribution is 5.85. The Morgan fingerprint density at radius 2 is 1.52 bits per heavy atom. The third kappa shape index (κ3) is 4.27. The smallest absolute Gasteiger partial charge is 0.128 e. The zero-order valence-electron chi connectivity index (χ0n) is 12.5. The van der Waals surface area contributed by atoms with Crippen LogP contribution in [-0.4, -0.2) is 6.21 Å². The highest BCUT2D eigenvalue weighted by atomic mass is 19.1. The summed E-state index contributed by atoms with van der Waals surface area (Å²) >= 11 is 0. The molecule has 0 bridgehead atoms. The minimum Gasteiger partial charge on any atom is -0.488 e. The average molecular weight is 305 g/mol. The van der Waals surface area contributed by atoms with E-state index in [1.165, 1.54) is 12.1 Å². The van der Waals surface area contributed by atoms with Crippen LogP contribution in [0.3, 0.4) is 0 Å². The molecule has 0 unspecified atom stereocenters. The van der Waals surface area contributed by atoms with E-state index >= 15 is 0 Å². The van der Waals surface area contributed by atoms with Crippen LogP contribution in [0.1, 0.15) is 11.1 Å². The molecule has 3 aromatic rings. The first-order valence-corrected chi connectivity index (χ1v) is 7.37. The predicted molar refractivity (Wildman–Crippen MR) is 90.9 cm³/mol. The van der Waals surface area contributed by atoms with Crippen molar-refractivity contribution in [2.45, 2.75) is 6.61 Å². The predicted octanol–water partition coefficient (Wildman–Crippen LogP) is 5.16. The summed E-state index contributed by atoms with van der Waals surface area (Å²) < 4.78 is 18.8. The number of ether oxygens (including phenoxy) is 1. The van der Waals surface area contributed by atoms with Crippen LogP contribution in [0.5, 0.6) is 5.75 Å². The summed E-state index contributed by atoms with van der Waals surface area (Å²) in [6.07, 6.45) is 1.73. The van der Waals surface area contributed by atoms with Crippen molar-refractivity contribution in [3.63, 3.8) is 0 Å². The number of hydrogen-bond donors (Lipinski definition) is 0. The van der Waals surface area contributed by atoms with Crippen LogP contribution >= 0.6 is 0 Å². The first kappa shape index (κ1) is 15.0. The van der Waals surface area contributed by atoms with Crippen molar-refractivity contribution in [1.29, 1.82) is 0 Å². The molecule has 3 rings (SSSR count). The lowest BCUT2D eigenvalue weighted by Crippen LogP contribution is -1.97. The van der Waals surface area contributed by atoms with Crippen LogP contribution in [0.25, 0.3) is 0 Å². The Balaban J connectivity index is 1.73. The summed E-state index contributed by atoms with van der Waals surface area (Å²) in [5.74, 6) is 0.498. The first-order valence-electron chi connectivity index (χ1n) is 7.37. The van der Waals surface area contributed by atoms with Crippen LogP contribution in [-0.2, 0) is 6.61 Å². The Morgan fingerprint density at radius 3 is 2.30 bits per heavy atom. The number of hydrogen-bond acceptors (Lipinski definition) is 2. The van der Waals surface area contributed by atoms with Gasteiger partial charge in [0.25, 0.3) is 0 Å². The molecule has 0 spiro atoms. The van der Waals surface area contributed by atoms with Gasteiger partial charge in [0.2, 0.25) is 0 Å². The maximum absolute atomic E-state index is 12.9. The van der Waals surface area contributed by atoms with E-state index in [9.17, 15) is 4.39 Å². The zero-order chi connectivity index (χ0) is 15.9. The van der Waals surface area contributed by atoms with Gasteiger partial charge in [0.05, 0.1) is 5.69 Å². The molecule has 3 aromatic carbocycles. The van der Waals surface area contributed by atoms with E-state index in [1.807, 2.05) is 54.6 Å². The van der Waals surface area contributed by atoms with Gasteiger partial charge in [0.15, 0.2) is 0 Å². The summed E-state index contributed by atoms with van der Waals surface area (Å²) in [7, 11) is 0. The quantitative estimate of drug-likeness (QED) is 0.597. The topological polar surface area (TPSA) is 21.6 Å². The maximum Gasteiger partial charge on any atom is 0.128 e. The van der Waals surface area contributed by atoms with Crippen LogP contribution < -0.4 is 4.74 Å². The first-order chi connectivity index (χ1) is 11.3. The molecule has 3 heteroatoms. The molecule has 0 aromatic heterocycles. The molecule has 0 radical (unpaired) electrons. The summed E-state index contributed by atoms with van der Waals surface area (Å²) in [6, 6.07) is 23.8. The number of rotatable bonds is 5. The molecule has 0 N–H and O–H groups in total. The fourth-order valence-electron chi connectivity index (χ4n) is 2.13. The Labute approximate surface area is 134 Å². The van der Waals surface area contributed by atoms with Gasteiger partial charge in [-0.2, -0.15) is 0 Å². The highest BCUT2D eigenvalue weighted by Crippen LogP contribution is 2.19. The van der Waals surface area contributed by atoms with Crippen molar-refractivity contribution in [3.8, 4) is 5.75 Å². The average Bonchev–Trinajstić information content (AvgIpc) is 2.61. The van der Waals surface area contributed by atoms with Crippen molar-refractivity contribution in [1.82, 2.24) is 0 Å². The molecule has 23 heavy (non-hydrogen) atoms. The van der Waals surface area contributed by atoms with E-state index in [0.29, 0.717) is 12.3 Å². The highest BCUT2D eigenvalue weighted by Gasteiger charge is 2.01. The summed E-state index contributed by atoms with van der Waals surface area (Å²) in [4.78, 5) is 4.36. The lowest BCUT2D eigenvalue weighted by molar-refractivity contribution is 0.306. The Bertz CT molecular complexity index is 782. The van der Waals surface area contributed by atoms with Gasteiger partial charge >= 0.3 is 0 Å². The van der Waals surface area contributed by atoms with Gasteiger partial charge in [0.1, 0.15) is 18.2 Å². The molecule has 0 amide bonds. The lowest BCUT2D eigenvalue weighted by atomic mass is 10.2. The number of benzene rings is 3. The minimum atomic E-state index is -0.268. The summed E-state index contributed by atoms with van der Waals surface area (Å²) in [5.41, 5.74) is 2.69. The number of para-hydroxylation sites is 1. The monoisotopic (exact) mass is 305 g/mol. The van der Waals surface area contributed by atoms with Gasteiger partial charge in [0, 0.05) is 11.8 Å². The lowest BCUT2D eigenvalue weighted by Gasteiger charge is -2.08. The van der Waals surface area contributed by atoms with Crippen molar-refractivity contribution in [2.24, 2.45) is 4.99 Å². The van der Waals surface area contributed by atoms with Crippen LogP contribution in [0.2, 0.25) is 0 Å². The van der Waals surface area contributed by atoms with Gasteiger partial charge < -0.3 is 4.74 Å². The van der Waals surface area contributed by atoms with E-state index in [-0.39, 0.29) is 5.82 Å². The van der Waals surface area contributed by atoms with E-state index in [0.717, 1.165) is 16.9 Å². The van der Waals surface area contributed by atoms with Gasteiger partial charge in [-0.1, -0.05) is 42.5 Å². The van der Waals surface area contributed by atoms with Gasteiger partial charge in [-0.3, -0.25) is 4.99 Å². The molecular weight excluding hydrogens is 289 g/mol. The molecule has 0 aliphatic rings. The molecule has 2 nitrogen and oxygen atoms in total. The second-order valence-corrected chi connectivity index (χ2v) is 5.05. The normalized spacial score (nSPS) is 10.8. The number of halogens is 1. The Kier molecular flexibility index (Phi) is 4.79. The Morgan fingerprint density at radius 1 is 0.826 bits per heavy atom. The number of nitrogens with zero attached hydrogens (tertiary/aromatic N) is 1. The SMILES string of the molecule is Fc1ccc(/N=C\c2ccccc2OCc2ccccc2)cc1. The second kappa shape index (κ2) is 7.36. The van der Waals surface area contributed by atoms with Crippen molar-refractivity contribution < 1.29 is 9.13 Å². The fourth-order valence-corrected chi connectivity index (χ4v) is 2.13. The Hall–Kier alpha value is -2.94. The van der Waals surface area contributed by atoms with E-state index in [1.54, 1.807) is 18.3 Å². The van der Waals surface area contributed by atoms with E-state index < -0.39 is 0 Å².